The lowest BCUT2D eigenvalue weighted by Crippen LogP contribution is -2.41. The SMILES string of the molecule is [2H]C1([2H])COCC(=O)N1c1ccc(NC[C@@H](O)CCl)cc1. The Kier molecular flexibility index (Phi) is 4.09. The highest BCUT2D eigenvalue weighted by Crippen LogP contribution is 2.19. The molecule has 1 aromatic rings. The number of carbonyl (C=O) groups excluding carboxylic acids is 1. The van der Waals surface area contributed by atoms with Crippen molar-refractivity contribution in [1.82, 2.24) is 0 Å². The van der Waals surface area contributed by atoms with E-state index in [4.69, 9.17) is 19.1 Å². The van der Waals surface area contributed by atoms with Gasteiger partial charge in [-0.1, -0.05) is 0 Å². The summed E-state index contributed by atoms with van der Waals surface area (Å²) in [6.07, 6.45) is -0.638. The molecule has 0 aromatic heterocycles. The van der Waals surface area contributed by atoms with E-state index in [9.17, 15) is 9.90 Å². The summed E-state index contributed by atoms with van der Waals surface area (Å²) in [6.45, 7) is -1.82. The molecule has 104 valence electrons. The summed E-state index contributed by atoms with van der Waals surface area (Å²) in [4.78, 5) is 13.0. The Morgan fingerprint density at radius 3 is 2.89 bits per heavy atom. The van der Waals surface area contributed by atoms with Gasteiger partial charge in [-0.05, 0) is 24.3 Å². The summed E-state index contributed by atoms with van der Waals surface area (Å²) in [5.74, 6) is -0.266. The van der Waals surface area contributed by atoms with E-state index in [-0.39, 0.29) is 19.1 Å². The predicted octanol–water partition coefficient (Wildman–Crippen LogP) is 1.06. The molecule has 19 heavy (non-hydrogen) atoms. The minimum Gasteiger partial charge on any atom is -0.390 e. The maximum atomic E-state index is 11.8. The molecule has 1 aliphatic heterocycles. The zero-order chi connectivity index (χ0) is 15.5. The van der Waals surface area contributed by atoms with Gasteiger partial charge in [0.05, 0.1) is 21.3 Å². The molecule has 5 nitrogen and oxygen atoms in total. The van der Waals surface area contributed by atoms with Crippen LogP contribution in [0, 0.1) is 0 Å². The largest absolute Gasteiger partial charge is 0.390 e. The summed E-state index contributed by atoms with van der Waals surface area (Å²) < 4.78 is 20.6. The van der Waals surface area contributed by atoms with Gasteiger partial charge in [-0.2, -0.15) is 0 Å². The van der Waals surface area contributed by atoms with E-state index in [0.717, 1.165) is 10.6 Å². The lowest BCUT2D eigenvalue weighted by molar-refractivity contribution is -0.125. The molecule has 1 aliphatic rings. The molecule has 1 saturated heterocycles. The molecule has 0 aliphatic carbocycles. The number of benzene rings is 1. The van der Waals surface area contributed by atoms with E-state index in [1.165, 1.54) is 0 Å². The highest BCUT2D eigenvalue weighted by Gasteiger charge is 2.19. The van der Waals surface area contributed by atoms with E-state index in [1.54, 1.807) is 24.3 Å². The second-order valence-corrected chi connectivity index (χ2v) is 4.42. The van der Waals surface area contributed by atoms with Crippen LogP contribution in [0.2, 0.25) is 0 Å². The second kappa shape index (κ2) is 6.75. The van der Waals surface area contributed by atoms with Gasteiger partial charge in [0.25, 0.3) is 5.91 Å². The predicted molar refractivity (Wildman–Crippen MR) is 74.8 cm³/mol. The van der Waals surface area contributed by atoms with Crippen LogP contribution in [0.3, 0.4) is 0 Å². The maximum Gasteiger partial charge on any atom is 0.253 e. The molecule has 0 unspecified atom stereocenters. The number of anilines is 2. The van der Waals surface area contributed by atoms with Crippen LogP contribution in [0.4, 0.5) is 11.4 Å². The number of hydrogen-bond acceptors (Lipinski definition) is 4. The number of morpholine rings is 1. The zero-order valence-corrected chi connectivity index (χ0v) is 11.1. The van der Waals surface area contributed by atoms with Gasteiger partial charge in [0.15, 0.2) is 0 Å². The van der Waals surface area contributed by atoms with Crippen LogP contribution < -0.4 is 10.2 Å². The van der Waals surface area contributed by atoms with E-state index in [1.807, 2.05) is 0 Å². The van der Waals surface area contributed by atoms with E-state index < -0.39 is 18.5 Å². The van der Waals surface area contributed by atoms with Gasteiger partial charge >= 0.3 is 0 Å². The van der Waals surface area contributed by atoms with Crippen molar-refractivity contribution in [2.45, 2.75) is 6.10 Å². The molecule has 1 heterocycles. The number of halogens is 1. The van der Waals surface area contributed by atoms with Gasteiger partial charge in [-0.3, -0.25) is 4.79 Å². The van der Waals surface area contributed by atoms with Crippen LogP contribution in [0.25, 0.3) is 0 Å². The molecule has 1 fully saturated rings. The average molecular weight is 287 g/mol. The number of nitrogens with zero attached hydrogens (tertiary/aromatic N) is 1. The Morgan fingerprint density at radius 2 is 2.26 bits per heavy atom. The van der Waals surface area contributed by atoms with Crippen molar-refractivity contribution in [1.29, 1.82) is 0 Å². The molecular formula is C13H17ClN2O3. The lowest BCUT2D eigenvalue weighted by Gasteiger charge is -2.27. The molecule has 2 N–H and O–H groups in total. The first-order chi connectivity index (χ1) is 9.94. The van der Waals surface area contributed by atoms with Crippen LogP contribution >= 0.6 is 11.6 Å². The number of aliphatic hydroxyl groups is 1. The third-order valence-corrected chi connectivity index (χ3v) is 3.00. The first kappa shape index (κ1) is 11.5. The summed E-state index contributed by atoms with van der Waals surface area (Å²) in [7, 11) is 0. The van der Waals surface area contributed by atoms with Crippen LogP contribution in [-0.4, -0.2) is 49.3 Å². The molecule has 0 saturated carbocycles. The highest BCUT2D eigenvalue weighted by atomic mass is 35.5. The number of alkyl halides is 1. The summed E-state index contributed by atoms with van der Waals surface area (Å²) in [5, 5.41) is 12.4. The smallest absolute Gasteiger partial charge is 0.253 e. The van der Waals surface area contributed by atoms with Crippen molar-refractivity contribution in [3.05, 3.63) is 24.3 Å². The number of rotatable bonds is 5. The Bertz CT molecular complexity index is 499. The van der Waals surface area contributed by atoms with E-state index in [0.29, 0.717) is 12.2 Å². The number of carbonyl (C=O) groups is 1. The fourth-order valence-corrected chi connectivity index (χ4v) is 1.76. The number of amides is 1. The quantitative estimate of drug-likeness (QED) is 0.795. The first-order valence-corrected chi connectivity index (χ1v) is 6.46. The van der Waals surface area contributed by atoms with Gasteiger partial charge in [0, 0.05) is 24.4 Å². The maximum absolute atomic E-state index is 11.8. The number of aliphatic hydroxyl groups excluding tert-OH is 1. The third kappa shape index (κ3) is 3.83. The standard InChI is InChI=1S/C13H17ClN2O3/c14-7-12(17)8-15-10-1-3-11(4-2-10)16-5-6-19-9-13(16)18/h1-4,12,15,17H,5-9H2/t12-/m0/s1/i5D2. The van der Waals surface area contributed by atoms with E-state index in [2.05, 4.69) is 5.32 Å². The summed E-state index contributed by atoms with van der Waals surface area (Å²) >= 11 is 5.50. The zero-order valence-electron chi connectivity index (χ0n) is 12.3. The fraction of sp³-hybridized carbons (Fsp3) is 0.462. The number of hydrogen-bond donors (Lipinski definition) is 2. The molecular weight excluding hydrogens is 268 g/mol. The lowest BCUT2D eigenvalue weighted by atomic mass is 10.2. The second-order valence-electron chi connectivity index (χ2n) is 4.12. The monoisotopic (exact) mass is 286 g/mol. The minimum atomic E-state index is -1.86. The first-order valence-electron chi connectivity index (χ1n) is 6.93. The molecule has 0 radical (unpaired) electrons. The van der Waals surface area contributed by atoms with Crippen molar-refractivity contribution in [3.8, 4) is 0 Å². The number of ether oxygens (including phenoxy) is 1. The Balaban J connectivity index is 2.09. The third-order valence-electron chi connectivity index (χ3n) is 2.65. The molecule has 1 atom stereocenters. The van der Waals surface area contributed by atoms with Gasteiger partial charge in [0.2, 0.25) is 0 Å². The average Bonchev–Trinajstić information content (AvgIpc) is 2.45. The Hall–Kier alpha value is -1.30. The fourth-order valence-electron chi connectivity index (χ4n) is 1.66. The molecule has 1 aromatic carbocycles. The van der Waals surface area contributed by atoms with Crippen molar-refractivity contribution in [2.75, 3.05) is 42.4 Å². The molecule has 0 spiro atoms. The number of nitrogens with one attached hydrogen (secondary N) is 1. The van der Waals surface area contributed by atoms with Crippen molar-refractivity contribution in [2.24, 2.45) is 0 Å². The van der Waals surface area contributed by atoms with Crippen molar-refractivity contribution >= 4 is 28.9 Å². The molecule has 1 amide bonds. The van der Waals surface area contributed by atoms with Gasteiger partial charge in [0.1, 0.15) is 6.61 Å². The van der Waals surface area contributed by atoms with Crippen LogP contribution in [0.5, 0.6) is 0 Å². The molecule has 0 bridgehead atoms. The summed E-state index contributed by atoms with van der Waals surface area (Å²) in [5.41, 5.74) is 1.22. The van der Waals surface area contributed by atoms with Gasteiger partial charge in [-0.15, -0.1) is 11.6 Å². The van der Waals surface area contributed by atoms with Crippen LogP contribution in [0.1, 0.15) is 2.74 Å². The van der Waals surface area contributed by atoms with Gasteiger partial charge in [-0.25, -0.2) is 0 Å². The van der Waals surface area contributed by atoms with Crippen molar-refractivity contribution < 1.29 is 17.4 Å². The van der Waals surface area contributed by atoms with Crippen molar-refractivity contribution in [3.63, 3.8) is 0 Å². The summed E-state index contributed by atoms with van der Waals surface area (Å²) in [6, 6.07) is 6.73. The van der Waals surface area contributed by atoms with Gasteiger partial charge < -0.3 is 20.1 Å². The van der Waals surface area contributed by atoms with Crippen LogP contribution in [0.15, 0.2) is 24.3 Å². The van der Waals surface area contributed by atoms with Crippen LogP contribution in [-0.2, 0) is 9.53 Å². The Morgan fingerprint density at radius 1 is 1.53 bits per heavy atom. The molecule has 6 heteroatoms. The normalized spacial score (nSPS) is 21.6. The molecule has 2 rings (SSSR count). The topological polar surface area (TPSA) is 61.8 Å². The van der Waals surface area contributed by atoms with E-state index >= 15 is 0 Å². The Labute approximate surface area is 119 Å². The highest BCUT2D eigenvalue weighted by molar-refractivity contribution is 6.18. The minimum absolute atomic E-state index is 0.124.